The third kappa shape index (κ3) is 0.610. The molecule has 1 heteroatoms. The molecule has 0 unspecified atom stereocenters. The summed E-state index contributed by atoms with van der Waals surface area (Å²) in [6.45, 7) is 8.29. The van der Waals surface area contributed by atoms with Crippen LogP contribution in [0.25, 0.3) is 0 Å². The number of fused-ring (bicyclic) bond motifs is 2. The molecule has 2 rings (SSSR count). The zero-order chi connectivity index (χ0) is 8.28. The Morgan fingerprint density at radius 3 is 2.36 bits per heavy atom. The fraction of sp³-hybridized carbons (Fsp3) is 0.800. The Kier molecular flexibility index (Phi) is 1.15. The largest absolute Gasteiger partial charge is 0.385 e. The summed E-state index contributed by atoms with van der Waals surface area (Å²) < 4.78 is 0. The summed E-state index contributed by atoms with van der Waals surface area (Å²) in [7, 11) is 0. The molecule has 2 bridgehead atoms. The van der Waals surface area contributed by atoms with Gasteiger partial charge in [0.05, 0.1) is 5.60 Å². The van der Waals surface area contributed by atoms with Crippen LogP contribution in [0.5, 0.6) is 0 Å². The van der Waals surface area contributed by atoms with Gasteiger partial charge in [0, 0.05) is 5.41 Å². The van der Waals surface area contributed by atoms with Gasteiger partial charge in [-0.2, -0.15) is 0 Å². The van der Waals surface area contributed by atoms with E-state index in [9.17, 15) is 5.11 Å². The van der Waals surface area contributed by atoms with Gasteiger partial charge in [0.1, 0.15) is 0 Å². The molecule has 1 N–H and O–H groups in total. The maximum Gasteiger partial charge on any atom is 0.0907 e. The Hall–Kier alpha value is -0.300. The van der Waals surface area contributed by atoms with Crippen molar-refractivity contribution in [2.75, 3.05) is 0 Å². The smallest absolute Gasteiger partial charge is 0.0907 e. The second-order valence-corrected chi connectivity index (χ2v) is 4.63. The first kappa shape index (κ1) is 7.35. The molecule has 11 heavy (non-hydrogen) atoms. The molecule has 0 aliphatic heterocycles. The molecule has 0 aromatic heterocycles. The molecule has 2 saturated carbocycles. The zero-order valence-electron chi connectivity index (χ0n) is 7.35. The van der Waals surface area contributed by atoms with Gasteiger partial charge in [-0.15, -0.1) is 0 Å². The van der Waals surface area contributed by atoms with E-state index in [1.54, 1.807) is 0 Å². The minimum absolute atomic E-state index is 0.0874. The number of aliphatic hydroxyl groups is 1. The Morgan fingerprint density at radius 2 is 2.18 bits per heavy atom. The van der Waals surface area contributed by atoms with Gasteiger partial charge in [0.2, 0.25) is 0 Å². The Morgan fingerprint density at radius 1 is 1.55 bits per heavy atom. The molecular weight excluding hydrogens is 136 g/mol. The molecule has 2 aliphatic carbocycles. The number of hydrogen-bond acceptors (Lipinski definition) is 1. The monoisotopic (exact) mass is 152 g/mol. The van der Waals surface area contributed by atoms with Crippen molar-refractivity contribution in [2.24, 2.45) is 11.3 Å². The van der Waals surface area contributed by atoms with E-state index in [0.717, 1.165) is 18.4 Å². The van der Waals surface area contributed by atoms with E-state index in [1.807, 2.05) is 0 Å². The van der Waals surface area contributed by atoms with Crippen LogP contribution in [-0.2, 0) is 0 Å². The van der Waals surface area contributed by atoms with E-state index in [4.69, 9.17) is 0 Å². The van der Waals surface area contributed by atoms with E-state index >= 15 is 0 Å². The van der Waals surface area contributed by atoms with Crippen LogP contribution in [0.1, 0.15) is 33.1 Å². The second-order valence-electron chi connectivity index (χ2n) is 4.63. The van der Waals surface area contributed by atoms with E-state index in [1.165, 1.54) is 6.42 Å². The fourth-order valence-corrected chi connectivity index (χ4v) is 2.86. The van der Waals surface area contributed by atoms with Crippen molar-refractivity contribution >= 4 is 0 Å². The van der Waals surface area contributed by atoms with Gasteiger partial charge >= 0.3 is 0 Å². The SMILES string of the molecule is C=C1C[C@@H]2CC[C@@]1(O)C2(C)C. The minimum Gasteiger partial charge on any atom is -0.385 e. The van der Waals surface area contributed by atoms with Crippen molar-refractivity contribution in [3.05, 3.63) is 12.2 Å². The lowest BCUT2D eigenvalue weighted by Crippen LogP contribution is -2.37. The van der Waals surface area contributed by atoms with E-state index in [0.29, 0.717) is 5.92 Å². The summed E-state index contributed by atoms with van der Waals surface area (Å²) >= 11 is 0. The summed E-state index contributed by atoms with van der Waals surface area (Å²) in [4.78, 5) is 0. The third-order valence-electron chi connectivity index (χ3n) is 4.02. The summed E-state index contributed by atoms with van der Waals surface area (Å²) in [6.07, 6.45) is 3.16. The van der Waals surface area contributed by atoms with Gasteiger partial charge in [-0.3, -0.25) is 0 Å². The van der Waals surface area contributed by atoms with Crippen molar-refractivity contribution in [1.29, 1.82) is 0 Å². The average molecular weight is 152 g/mol. The van der Waals surface area contributed by atoms with Crippen molar-refractivity contribution in [2.45, 2.75) is 38.7 Å². The van der Waals surface area contributed by atoms with E-state index in [-0.39, 0.29) is 5.41 Å². The predicted octanol–water partition coefficient (Wildman–Crippen LogP) is 2.11. The summed E-state index contributed by atoms with van der Waals surface area (Å²) in [6, 6.07) is 0. The predicted molar refractivity (Wildman–Crippen MR) is 45.2 cm³/mol. The highest BCUT2D eigenvalue weighted by molar-refractivity contribution is 5.30. The van der Waals surface area contributed by atoms with Crippen LogP contribution < -0.4 is 0 Å². The molecule has 2 atom stereocenters. The van der Waals surface area contributed by atoms with Crippen LogP contribution in [0.4, 0.5) is 0 Å². The molecule has 0 spiro atoms. The van der Waals surface area contributed by atoms with Crippen LogP contribution in [0, 0.1) is 11.3 Å². The van der Waals surface area contributed by atoms with Crippen LogP contribution >= 0.6 is 0 Å². The van der Waals surface area contributed by atoms with Gasteiger partial charge in [-0.05, 0) is 30.8 Å². The lowest BCUT2D eigenvalue weighted by molar-refractivity contribution is 0.00115. The first-order chi connectivity index (χ1) is 4.98. The molecule has 0 amide bonds. The normalized spacial score (nSPS) is 46.8. The average Bonchev–Trinajstić information content (AvgIpc) is 2.20. The molecule has 1 nitrogen and oxygen atoms in total. The summed E-state index contributed by atoms with van der Waals surface area (Å²) in [5.41, 5.74) is 0.626. The quantitative estimate of drug-likeness (QED) is 0.527. The highest BCUT2D eigenvalue weighted by Gasteiger charge is 2.60. The summed E-state index contributed by atoms with van der Waals surface area (Å²) in [5.74, 6) is 0.681. The van der Waals surface area contributed by atoms with Crippen LogP contribution in [0.2, 0.25) is 0 Å². The standard InChI is InChI=1S/C10H16O/c1-7-6-8-4-5-10(7,11)9(8,2)3/h8,11H,1,4-6H2,2-3H3/t8-,10-/m0/s1. The molecule has 2 fully saturated rings. The van der Waals surface area contributed by atoms with Crippen molar-refractivity contribution < 1.29 is 5.11 Å². The maximum absolute atomic E-state index is 10.2. The molecule has 0 saturated heterocycles. The molecule has 0 aromatic carbocycles. The molecule has 62 valence electrons. The van der Waals surface area contributed by atoms with Crippen LogP contribution in [-0.4, -0.2) is 10.7 Å². The van der Waals surface area contributed by atoms with E-state index in [2.05, 4.69) is 20.4 Å². The zero-order valence-corrected chi connectivity index (χ0v) is 7.35. The highest BCUT2D eigenvalue weighted by Crippen LogP contribution is 2.61. The third-order valence-corrected chi connectivity index (χ3v) is 4.02. The Bertz CT molecular complexity index is 217. The topological polar surface area (TPSA) is 20.2 Å². The van der Waals surface area contributed by atoms with Crippen molar-refractivity contribution in [3.63, 3.8) is 0 Å². The van der Waals surface area contributed by atoms with Gasteiger partial charge in [-0.25, -0.2) is 0 Å². The van der Waals surface area contributed by atoms with Crippen molar-refractivity contribution in [1.82, 2.24) is 0 Å². The number of hydrogen-bond donors (Lipinski definition) is 1. The molecule has 0 aromatic rings. The Labute approximate surface area is 68.1 Å². The molecule has 2 aliphatic rings. The van der Waals surface area contributed by atoms with E-state index < -0.39 is 5.60 Å². The minimum atomic E-state index is -0.530. The van der Waals surface area contributed by atoms with Gasteiger partial charge in [-0.1, -0.05) is 20.4 Å². The van der Waals surface area contributed by atoms with Gasteiger partial charge in [0.15, 0.2) is 0 Å². The van der Waals surface area contributed by atoms with Gasteiger partial charge < -0.3 is 5.11 Å². The first-order valence-corrected chi connectivity index (χ1v) is 4.39. The lowest BCUT2D eigenvalue weighted by atomic mass is 9.78. The molecule has 0 heterocycles. The first-order valence-electron chi connectivity index (χ1n) is 4.39. The maximum atomic E-state index is 10.2. The molecule has 0 radical (unpaired) electrons. The van der Waals surface area contributed by atoms with Crippen molar-refractivity contribution in [3.8, 4) is 0 Å². The highest BCUT2D eigenvalue weighted by atomic mass is 16.3. The van der Waals surface area contributed by atoms with Crippen LogP contribution in [0.15, 0.2) is 12.2 Å². The Balaban J connectivity index is 2.47. The van der Waals surface area contributed by atoms with Gasteiger partial charge in [0.25, 0.3) is 0 Å². The lowest BCUT2D eigenvalue weighted by Gasteiger charge is -2.33. The second kappa shape index (κ2) is 1.71. The number of rotatable bonds is 0. The summed E-state index contributed by atoms with van der Waals surface area (Å²) in [5, 5.41) is 10.2. The fourth-order valence-electron chi connectivity index (χ4n) is 2.86. The van der Waals surface area contributed by atoms with Crippen LogP contribution in [0.3, 0.4) is 0 Å². The molecular formula is C10H16O.